The highest BCUT2D eigenvalue weighted by atomic mass is 35.5. The first-order valence-corrected chi connectivity index (χ1v) is 7.26. The van der Waals surface area contributed by atoms with E-state index in [1.54, 1.807) is 12.1 Å². The van der Waals surface area contributed by atoms with Crippen LogP contribution in [0.4, 0.5) is 0 Å². The number of rotatable bonds is 9. The van der Waals surface area contributed by atoms with Crippen LogP contribution in [0.5, 0.6) is 11.5 Å². The Labute approximate surface area is 124 Å². The smallest absolute Gasteiger partial charge is 0.303 e. The van der Waals surface area contributed by atoms with Crippen LogP contribution >= 0.6 is 11.6 Å². The highest BCUT2D eigenvalue weighted by molar-refractivity contribution is 6.32. The van der Waals surface area contributed by atoms with Gasteiger partial charge >= 0.3 is 5.97 Å². The van der Waals surface area contributed by atoms with Crippen molar-refractivity contribution < 1.29 is 19.4 Å². The minimum Gasteiger partial charge on any atom is -0.493 e. The molecule has 20 heavy (non-hydrogen) atoms. The lowest BCUT2D eigenvalue weighted by atomic mass is 10.1. The molecule has 4 nitrogen and oxygen atoms in total. The van der Waals surface area contributed by atoms with Gasteiger partial charge in [-0.25, -0.2) is 0 Å². The number of halogens is 1. The zero-order chi connectivity index (χ0) is 15.0. The Balaban J connectivity index is 2.95. The molecule has 0 aliphatic heterocycles. The van der Waals surface area contributed by atoms with Gasteiger partial charge in [-0.3, -0.25) is 4.79 Å². The summed E-state index contributed by atoms with van der Waals surface area (Å²) in [5, 5.41) is 9.30. The lowest BCUT2D eigenvalue weighted by Crippen LogP contribution is -2.04. The molecule has 1 N–H and O–H groups in total. The van der Waals surface area contributed by atoms with E-state index in [1.807, 2.05) is 13.8 Å². The maximum atomic E-state index is 10.7. The SMILES string of the molecule is CCCOc1cc(CCC(=O)O)c(OCCC)cc1Cl. The number of hydrogen-bond donors (Lipinski definition) is 1. The maximum Gasteiger partial charge on any atom is 0.303 e. The van der Waals surface area contributed by atoms with Crippen LogP contribution in [0.1, 0.15) is 38.7 Å². The Bertz CT molecular complexity index is 446. The van der Waals surface area contributed by atoms with Gasteiger partial charge in [0, 0.05) is 12.5 Å². The predicted octanol–water partition coefficient (Wildman–Crippen LogP) is 3.93. The largest absolute Gasteiger partial charge is 0.493 e. The van der Waals surface area contributed by atoms with Crippen molar-refractivity contribution in [1.82, 2.24) is 0 Å². The Morgan fingerprint density at radius 3 is 2.30 bits per heavy atom. The van der Waals surface area contributed by atoms with Crippen molar-refractivity contribution in [3.8, 4) is 11.5 Å². The van der Waals surface area contributed by atoms with Gasteiger partial charge in [0.25, 0.3) is 0 Å². The average molecular weight is 301 g/mol. The first-order valence-electron chi connectivity index (χ1n) is 6.88. The first kappa shape index (κ1) is 16.6. The van der Waals surface area contributed by atoms with E-state index >= 15 is 0 Å². The van der Waals surface area contributed by atoms with Crippen molar-refractivity contribution in [3.63, 3.8) is 0 Å². The van der Waals surface area contributed by atoms with Gasteiger partial charge in [0.15, 0.2) is 0 Å². The summed E-state index contributed by atoms with van der Waals surface area (Å²) in [5.74, 6) is 0.386. The molecule has 112 valence electrons. The van der Waals surface area contributed by atoms with Crippen molar-refractivity contribution in [1.29, 1.82) is 0 Å². The van der Waals surface area contributed by atoms with Gasteiger partial charge in [-0.1, -0.05) is 25.4 Å². The molecule has 0 radical (unpaired) electrons. The second kappa shape index (κ2) is 8.69. The molecule has 0 saturated heterocycles. The molecule has 1 aromatic rings. The molecular formula is C15H21ClO4. The van der Waals surface area contributed by atoms with Gasteiger partial charge in [0.1, 0.15) is 11.5 Å². The molecule has 5 heteroatoms. The number of carboxylic acid groups (broad SMARTS) is 1. The van der Waals surface area contributed by atoms with Crippen LogP contribution in [0.25, 0.3) is 0 Å². The summed E-state index contributed by atoms with van der Waals surface area (Å²) in [7, 11) is 0. The number of aryl methyl sites for hydroxylation is 1. The van der Waals surface area contributed by atoms with Crippen molar-refractivity contribution in [3.05, 3.63) is 22.7 Å². The molecule has 0 bridgehead atoms. The van der Waals surface area contributed by atoms with Gasteiger partial charge in [0.05, 0.1) is 18.2 Å². The van der Waals surface area contributed by atoms with Crippen LogP contribution in [-0.2, 0) is 11.2 Å². The predicted molar refractivity (Wildman–Crippen MR) is 79.0 cm³/mol. The fourth-order valence-corrected chi connectivity index (χ4v) is 1.89. The zero-order valence-electron chi connectivity index (χ0n) is 11.9. The molecule has 0 aromatic heterocycles. The fourth-order valence-electron chi connectivity index (χ4n) is 1.68. The Morgan fingerprint density at radius 1 is 1.15 bits per heavy atom. The number of hydrogen-bond acceptors (Lipinski definition) is 3. The van der Waals surface area contributed by atoms with Crippen molar-refractivity contribution in [2.75, 3.05) is 13.2 Å². The standard InChI is InChI=1S/C15H21ClO4/c1-3-7-19-13-10-12(16)14(20-8-4-2)9-11(13)5-6-15(17)18/h9-10H,3-8H2,1-2H3,(H,17,18). The molecule has 0 spiro atoms. The van der Waals surface area contributed by atoms with E-state index in [2.05, 4.69) is 0 Å². The van der Waals surface area contributed by atoms with Gasteiger partial charge in [-0.2, -0.15) is 0 Å². The van der Waals surface area contributed by atoms with Gasteiger partial charge in [-0.05, 0) is 30.9 Å². The van der Waals surface area contributed by atoms with Crippen LogP contribution < -0.4 is 9.47 Å². The summed E-state index contributed by atoms with van der Waals surface area (Å²) >= 11 is 6.16. The van der Waals surface area contributed by atoms with Crippen molar-refractivity contribution >= 4 is 17.6 Å². The highest BCUT2D eigenvalue weighted by Gasteiger charge is 2.12. The number of benzene rings is 1. The summed E-state index contributed by atoms with van der Waals surface area (Å²) in [6.07, 6.45) is 2.21. The number of ether oxygens (including phenoxy) is 2. The summed E-state index contributed by atoms with van der Waals surface area (Å²) in [6, 6.07) is 3.49. The van der Waals surface area contributed by atoms with Gasteiger partial charge in [0.2, 0.25) is 0 Å². The molecule has 0 amide bonds. The molecule has 0 fully saturated rings. The summed E-state index contributed by atoms with van der Waals surface area (Å²) in [5.41, 5.74) is 0.816. The van der Waals surface area contributed by atoms with Crippen molar-refractivity contribution in [2.24, 2.45) is 0 Å². The zero-order valence-corrected chi connectivity index (χ0v) is 12.7. The molecule has 0 aliphatic rings. The van der Waals surface area contributed by atoms with E-state index in [1.165, 1.54) is 0 Å². The van der Waals surface area contributed by atoms with E-state index in [0.717, 1.165) is 18.4 Å². The molecule has 0 aliphatic carbocycles. The molecule has 0 atom stereocenters. The molecule has 1 rings (SSSR count). The van der Waals surface area contributed by atoms with E-state index < -0.39 is 5.97 Å². The second-order valence-electron chi connectivity index (χ2n) is 4.48. The van der Waals surface area contributed by atoms with Crippen LogP contribution in [0, 0.1) is 0 Å². The molecule has 0 saturated carbocycles. The summed E-state index contributed by atoms with van der Waals surface area (Å²) < 4.78 is 11.2. The third-order valence-electron chi connectivity index (χ3n) is 2.65. The fraction of sp³-hybridized carbons (Fsp3) is 0.533. The van der Waals surface area contributed by atoms with Crippen LogP contribution in [-0.4, -0.2) is 24.3 Å². The highest BCUT2D eigenvalue weighted by Crippen LogP contribution is 2.33. The Morgan fingerprint density at radius 2 is 1.75 bits per heavy atom. The monoisotopic (exact) mass is 300 g/mol. The van der Waals surface area contributed by atoms with Crippen molar-refractivity contribution in [2.45, 2.75) is 39.5 Å². The van der Waals surface area contributed by atoms with E-state index in [-0.39, 0.29) is 6.42 Å². The number of carboxylic acids is 1. The lowest BCUT2D eigenvalue weighted by Gasteiger charge is -2.14. The Kier molecular flexibility index (Phi) is 7.23. The summed E-state index contributed by atoms with van der Waals surface area (Å²) in [4.78, 5) is 10.7. The number of carbonyl (C=O) groups is 1. The maximum absolute atomic E-state index is 10.7. The van der Waals surface area contributed by atoms with Gasteiger partial charge in [-0.15, -0.1) is 0 Å². The van der Waals surface area contributed by atoms with Crippen LogP contribution in [0.15, 0.2) is 12.1 Å². The second-order valence-corrected chi connectivity index (χ2v) is 4.89. The van der Waals surface area contributed by atoms with Gasteiger partial charge < -0.3 is 14.6 Å². The average Bonchev–Trinajstić information content (AvgIpc) is 2.42. The molecular weight excluding hydrogens is 280 g/mol. The topological polar surface area (TPSA) is 55.8 Å². The molecule has 0 heterocycles. The molecule has 1 aromatic carbocycles. The van der Waals surface area contributed by atoms with Crippen LogP contribution in [0.3, 0.4) is 0 Å². The third kappa shape index (κ3) is 5.29. The minimum absolute atomic E-state index is 0.0529. The third-order valence-corrected chi connectivity index (χ3v) is 2.94. The normalized spacial score (nSPS) is 10.3. The Hall–Kier alpha value is -1.42. The first-order chi connectivity index (χ1) is 9.58. The quantitative estimate of drug-likeness (QED) is 0.750. The summed E-state index contributed by atoms with van der Waals surface area (Å²) in [6.45, 7) is 5.17. The number of aliphatic carboxylic acids is 1. The van der Waals surface area contributed by atoms with Crippen LogP contribution in [0.2, 0.25) is 5.02 Å². The van der Waals surface area contributed by atoms with E-state index in [9.17, 15) is 4.79 Å². The molecule has 0 unspecified atom stereocenters. The van der Waals surface area contributed by atoms with E-state index in [4.69, 9.17) is 26.2 Å². The van der Waals surface area contributed by atoms with E-state index in [0.29, 0.717) is 36.2 Å². The minimum atomic E-state index is -0.836. The lowest BCUT2D eigenvalue weighted by molar-refractivity contribution is -0.136.